The quantitative estimate of drug-likeness (QED) is 0.323. The first-order chi connectivity index (χ1) is 4.22. The SMILES string of the molecule is C[S+](C)C1CCOC1=O.[Cl-]. The summed E-state index contributed by atoms with van der Waals surface area (Å²) in [6, 6.07) is 0. The van der Waals surface area contributed by atoms with Crippen LogP contribution in [0.25, 0.3) is 0 Å². The summed E-state index contributed by atoms with van der Waals surface area (Å²) >= 11 is 0. The van der Waals surface area contributed by atoms with E-state index >= 15 is 0 Å². The van der Waals surface area contributed by atoms with E-state index in [0.29, 0.717) is 6.61 Å². The molecule has 0 spiro atoms. The molecule has 0 aromatic rings. The summed E-state index contributed by atoms with van der Waals surface area (Å²) in [7, 11) is 0.204. The zero-order chi connectivity index (χ0) is 6.85. The summed E-state index contributed by atoms with van der Waals surface area (Å²) in [4.78, 5) is 10.8. The molecule has 0 aromatic heterocycles. The first-order valence-electron chi connectivity index (χ1n) is 2.95. The molecule has 0 amide bonds. The van der Waals surface area contributed by atoms with Crippen molar-refractivity contribution in [2.45, 2.75) is 11.7 Å². The number of hydrogen-bond donors (Lipinski definition) is 0. The normalized spacial score (nSPS) is 24.3. The largest absolute Gasteiger partial charge is 1.00 e. The zero-order valence-electron chi connectivity index (χ0n) is 6.09. The van der Waals surface area contributed by atoms with E-state index in [1.807, 2.05) is 0 Å². The third-order valence-electron chi connectivity index (χ3n) is 1.46. The third-order valence-corrected chi connectivity index (χ3v) is 3.02. The van der Waals surface area contributed by atoms with E-state index in [1.54, 1.807) is 0 Å². The molecule has 1 saturated heterocycles. The lowest BCUT2D eigenvalue weighted by molar-refractivity contribution is -0.137. The Morgan fingerprint density at radius 2 is 2.20 bits per heavy atom. The molecule has 1 fully saturated rings. The fourth-order valence-electron chi connectivity index (χ4n) is 0.906. The molecular weight excluding hydrogens is 172 g/mol. The number of hydrogen-bond acceptors (Lipinski definition) is 2. The highest BCUT2D eigenvalue weighted by molar-refractivity contribution is 7.96. The van der Waals surface area contributed by atoms with Gasteiger partial charge in [0, 0.05) is 6.42 Å². The maximum Gasteiger partial charge on any atom is 0.359 e. The topological polar surface area (TPSA) is 26.3 Å². The van der Waals surface area contributed by atoms with Crippen molar-refractivity contribution in [1.82, 2.24) is 0 Å². The van der Waals surface area contributed by atoms with Crippen molar-refractivity contribution in [3.63, 3.8) is 0 Å². The van der Waals surface area contributed by atoms with Gasteiger partial charge < -0.3 is 17.1 Å². The Kier molecular flexibility index (Phi) is 4.13. The lowest BCUT2D eigenvalue weighted by Gasteiger charge is -1.98. The fraction of sp³-hybridized carbons (Fsp3) is 0.833. The van der Waals surface area contributed by atoms with Gasteiger partial charge in [0.2, 0.25) is 5.25 Å². The summed E-state index contributed by atoms with van der Waals surface area (Å²) in [6.45, 7) is 0.634. The number of carbonyl (C=O) groups is 1. The summed E-state index contributed by atoms with van der Waals surface area (Å²) in [6.07, 6.45) is 5.09. The summed E-state index contributed by atoms with van der Waals surface area (Å²) in [5.74, 6) is 0.00309. The maximum absolute atomic E-state index is 10.8. The minimum absolute atomic E-state index is 0. The number of rotatable bonds is 1. The van der Waals surface area contributed by atoms with Crippen molar-refractivity contribution in [2.75, 3.05) is 19.1 Å². The second-order valence-corrected chi connectivity index (χ2v) is 4.65. The summed E-state index contributed by atoms with van der Waals surface area (Å²) < 4.78 is 4.79. The van der Waals surface area contributed by atoms with Crippen LogP contribution in [0.15, 0.2) is 0 Å². The zero-order valence-corrected chi connectivity index (χ0v) is 7.67. The number of ether oxygens (including phenoxy) is 1. The lowest BCUT2D eigenvalue weighted by atomic mass is 10.4. The van der Waals surface area contributed by atoms with Crippen LogP contribution < -0.4 is 12.4 Å². The number of cyclic esters (lactones) is 1. The highest BCUT2D eigenvalue weighted by Crippen LogP contribution is 2.13. The molecule has 0 bridgehead atoms. The molecular formula is C6H11ClO2S. The van der Waals surface area contributed by atoms with Crippen LogP contribution in [-0.4, -0.2) is 30.3 Å². The van der Waals surface area contributed by atoms with Crippen molar-refractivity contribution in [1.29, 1.82) is 0 Å². The van der Waals surface area contributed by atoms with E-state index in [4.69, 9.17) is 4.74 Å². The Labute approximate surface area is 70.1 Å². The monoisotopic (exact) mass is 182 g/mol. The number of carbonyl (C=O) groups excluding carboxylic acids is 1. The smallest absolute Gasteiger partial charge is 0.359 e. The van der Waals surface area contributed by atoms with Crippen molar-refractivity contribution in [3.05, 3.63) is 0 Å². The molecule has 0 aliphatic carbocycles. The van der Waals surface area contributed by atoms with Crippen molar-refractivity contribution >= 4 is 16.9 Å². The van der Waals surface area contributed by atoms with Crippen LogP contribution in [0.1, 0.15) is 6.42 Å². The van der Waals surface area contributed by atoms with Crippen molar-refractivity contribution in [3.8, 4) is 0 Å². The molecule has 0 saturated carbocycles. The number of esters is 1. The molecule has 0 radical (unpaired) electrons. The van der Waals surface area contributed by atoms with Crippen LogP contribution >= 0.6 is 0 Å². The van der Waals surface area contributed by atoms with Gasteiger partial charge in [-0.05, 0) is 10.9 Å². The van der Waals surface area contributed by atoms with E-state index < -0.39 is 0 Å². The summed E-state index contributed by atoms with van der Waals surface area (Å²) in [5.41, 5.74) is 0. The van der Waals surface area contributed by atoms with Gasteiger partial charge in [-0.25, -0.2) is 4.79 Å². The van der Waals surface area contributed by atoms with Gasteiger partial charge in [0.25, 0.3) is 0 Å². The minimum atomic E-state index is 0. The number of halogens is 1. The Hall–Kier alpha value is 0.110. The van der Waals surface area contributed by atoms with E-state index in [1.165, 1.54) is 0 Å². The van der Waals surface area contributed by atoms with Gasteiger partial charge in [-0.15, -0.1) is 0 Å². The van der Waals surface area contributed by atoms with Crippen LogP contribution in [0.2, 0.25) is 0 Å². The molecule has 2 nitrogen and oxygen atoms in total. The van der Waals surface area contributed by atoms with Crippen LogP contribution in [0.5, 0.6) is 0 Å². The average Bonchev–Trinajstić information content (AvgIpc) is 2.13. The van der Waals surface area contributed by atoms with E-state index in [2.05, 4.69) is 12.5 Å². The molecule has 1 atom stereocenters. The first kappa shape index (κ1) is 10.1. The molecule has 4 heteroatoms. The third kappa shape index (κ3) is 2.06. The predicted octanol–water partition coefficient (Wildman–Crippen LogP) is -2.82. The van der Waals surface area contributed by atoms with Gasteiger partial charge >= 0.3 is 5.97 Å². The highest BCUT2D eigenvalue weighted by atomic mass is 35.5. The standard InChI is InChI=1S/C6H11O2S.ClH/c1-9(2)5-3-4-8-6(5)7;/h5H,3-4H2,1-2H3;1H/q+1;/p-1. The van der Waals surface area contributed by atoms with Gasteiger partial charge in [0.05, 0.1) is 19.1 Å². The lowest BCUT2D eigenvalue weighted by Crippen LogP contribution is -3.00. The highest BCUT2D eigenvalue weighted by Gasteiger charge is 2.36. The van der Waals surface area contributed by atoms with E-state index in [-0.39, 0.29) is 34.5 Å². The van der Waals surface area contributed by atoms with Gasteiger partial charge in [-0.1, -0.05) is 0 Å². The molecule has 10 heavy (non-hydrogen) atoms. The second kappa shape index (κ2) is 4.09. The van der Waals surface area contributed by atoms with Crippen LogP contribution in [0.4, 0.5) is 0 Å². The van der Waals surface area contributed by atoms with Gasteiger partial charge in [-0.2, -0.15) is 0 Å². The van der Waals surface area contributed by atoms with E-state index in [0.717, 1.165) is 6.42 Å². The van der Waals surface area contributed by atoms with Crippen LogP contribution in [0.3, 0.4) is 0 Å². The molecule has 0 N–H and O–H groups in total. The maximum atomic E-state index is 10.8. The molecule has 1 aliphatic rings. The molecule has 1 heterocycles. The predicted molar refractivity (Wildman–Crippen MR) is 38.6 cm³/mol. The molecule has 1 aliphatic heterocycles. The summed E-state index contributed by atoms with van der Waals surface area (Å²) in [5, 5.41) is 0.199. The Morgan fingerprint density at radius 3 is 2.40 bits per heavy atom. The minimum Gasteiger partial charge on any atom is -1.00 e. The molecule has 1 unspecified atom stereocenters. The van der Waals surface area contributed by atoms with Crippen LogP contribution in [-0.2, 0) is 20.4 Å². The van der Waals surface area contributed by atoms with Gasteiger partial charge in [-0.3, -0.25) is 0 Å². The Bertz CT molecular complexity index is 127. The van der Waals surface area contributed by atoms with Gasteiger partial charge in [0.1, 0.15) is 0 Å². The van der Waals surface area contributed by atoms with Gasteiger partial charge in [0.15, 0.2) is 0 Å². The molecule has 1 rings (SSSR count). The first-order valence-corrected chi connectivity index (χ1v) is 5.05. The molecule has 0 aromatic carbocycles. The van der Waals surface area contributed by atoms with E-state index in [9.17, 15) is 4.79 Å². The van der Waals surface area contributed by atoms with Crippen molar-refractivity contribution in [2.24, 2.45) is 0 Å². The van der Waals surface area contributed by atoms with Crippen LogP contribution in [0, 0.1) is 0 Å². The Morgan fingerprint density at radius 1 is 1.60 bits per heavy atom. The van der Waals surface area contributed by atoms with Crippen molar-refractivity contribution < 1.29 is 21.9 Å². The Balaban J connectivity index is 0.000000810. The average molecular weight is 183 g/mol. The molecule has 60 valence electrons. The fourth-order valence-corrected chi connectivity index (χ4v) is 1.93. The second-order valence-electron chi connectivity index (χ2n) is 2.32.